The average Bonchev–Trinajstić information content (AvgIpc) is 3.18. The molecule has 0 spiro atoms. The van der Waals surface area contributed by atoms with Gasteiger partial charge in [-0.15, -0.1) is 0 Å². The predicted molar refractivity (Wildman–Crippen MR) is 103 cm³/mol. The van der Waals surface area contributed by atoms with Crippen LogP contribution >= 0.6 is 0 Å². The fraction of sp³-hybridized carbons (Fsp3) is 0.238. The first kappa shape index (κ1) is 16.4. The van der Waals surface area contributed by atoms with Crippen molar-refractivity contribution in [2.75, 3.05) is 31.1 Å². The number of hydrogen-bond donors (Lipinski definition) is 0. The highest BCUT2D eigenvalue weighted by Gasteiger charge is 2.21. The first-order valence-electron chi connectivity index (χ1n) is 8.96. The Labute approximate surface area is 153 Å². The number of hydrogen-bond acceptors (Lipinski definition) is 3. The van der Waals surface area contributed by atoms with Crippen molar-refractivity contribution in [1.29, 1.82) is 0 Å². The Morgan fingerprint density at radius 3 is 2.12 bits per heavy atom. The molecule has 0 saturated carbocycles. The molecule has 5 heteroatoms. The zero-order chi connectivity index (χ0) is 17.8. The van der Waals surface area contributed by atoms with Crippen molar-refractivity contribution in [2.45, 2.75) is 6.42 Å². The number of carbonyl (C=O) groups excluding carboxylic acids is 1. The zero-order valence-corrected chi connectivity index (χ0v) is 14.7. The number of nitrogens with zero attached hydrogens (tertiary/aromatic N) is 4. The van der Waals surface area contributed by atoms with Gasteiger partial charge in [0.05, 0.1) is 18.3 Å². The highest BCUT2D eigenvalue weighted by atomic mass is 16.2. The molecule has 2 aromatic carbocycles. The van der Waals surface area contributed by atoms with Gasteiger partial charge >= 0.3 is 0 Å². The van der Waals surface area contributed by atoms with E-state index >= 15 is 0 Å². The lowest BCUT2D eigenvalue weighted by Crippen LogP contribution is -2.49. The summed E-state index contributed by atoms with van der Waals surface area (Å²) < 4.78 is 1.82. The van der Waals surface area contributed by atoms with Crippen molar-refractivity contribution in [3.05, 3.63) is 78.6 Å². The van der Waals surface area contributed by atoms with Gasteiger partial charge in [0.1, 0.15) is 0 Å². The van der Waals surface area contributed by atoms with Crippen molar-refractivity contribution >= 4 is 11.6 Å². The molecule has 1 aliphatic rings. The number of aromatic nitrogens is 2. The van der Waals surface area contributed by atoms with Gasteiger partial charge in [-0.2, -0.15) is 5.10 Å². The van der Waals surface area contributed by atoms with Gasteiger partial charge in [-0.3, -0.25) is 4.79 Å². The minimum atomic E-state index is 0.172. The van der Waals surface area contributed by atoms with Crippen LogP contribution in [0.15, 0.2) is 73.1 Å². The molecule has 0 atom stereocenters. The fourth-order valence-corrected chi connectivity index (χ4v) is 3.31. The van der Waals surface area contributed by atoms with Crippen LogP contribution in [0, 0.1) is 0 Å². The standard InChI is InChI=1S/C21H22N4O/c26-21(15-18-16-22-25(17-18)20-9-5-2-6-10-20)24-13-11-23(12-14-24)19-7-3-1-4-8-19/h1-10,16-17H,11-15H2. The Hall–Kier alpha value is -3.08. The van der Waals surface area contributed by atoms with E-state index in [1.54, 1.807) is 6.20 Å². The largest absolute Gasteiger partial charge is 0.368 e. The highest BCUT2D eigenvalue weighted by molar-refractivity contribution is 5.79. The molecule has 0 aliphatic carbocycles. The topological polar surface area (TPSA) is 41.4 Å². The summed E-state index contributed by atoms with van der Waals surface area (Å²) in [6.45, 7) is 3.28. The normalized spacial score (nSPS) is 14.5. The van der Waals surface area contributed by atoms with Gasteiger partial charge in [0.15, 0.2) is 0 Å². The second-order valence-electron chi connectivity index (χ2n) is 6.51. The van der Waals surface area contributed by atoms with Crippen molar-refractivity contribution in [2.24, 2.45) is 0 Å². The number of anilines is 1. The van der Waals surface area contributed by atoms with Gasteiger partial charge in [-0.1, -0.05) is 36.4 Å². The van der Waals surface area contributed by atoms with E-state index in [4.69, 9.17) is 0 Å². The molecule has 0 bridgehead atoms. The number of benzene rings is 2. The summed E-state index contributed by atoms with van der Waals surface area (Å²) in [7, 11) is 0. The smallest absolute Gasteiger partial charge is 0.227 e. The second kappa shape index (κ2) is 7.44. The minimum absolute atomic E-state index is 0.172. The number of piperazine rings is 1. The number of para-hydroxylation sites is 2. The van der Waals surface area contributed by atoms with Crippen LogP contribution in [0.3, 0.4) is 0 Å². The third-order valence-corrected chi connectivity index (χ3v) is 4.77. The highest BCUT2D eigenvalue weighted by Crippen LogP contribution is 2.16. The summed E-state index contributed by atoms with van der Waals surface area (Å²) in [5.41, 5.74) is 3.18. The molecule has 5 nitrogen and oxygen atoms in total. The molecule has 3 aromatic rings. The minimum Gasteiger partial charge on any atom is -0.368 e. The molecule has 1 fully saturated rings. The molecule has 0 N–H and O–H groups in total. The first-order chi connectivity index (χ1) is 12.8. The molecule has 0 unspecified atom stereocenters. The van der Waals surface area contributed by atoms with Gasteiger partial charge < -0.3 is 9.80 Å². The van der Waals surface area contributed by atoms with Crippen molar-refractivity contribution < 1.29 is 4.79 Å². The van der Waals surface area contributed by atoms with E-state index in [1.165, 1.54) is 5.69 Å². The van der Waals surface area contributed by atoms with Crippen LogP contribution in [0.4, 0.5) is 5.69 Å². The van der Waals surface area contributed by atoms with Crippen molar-refractivity contribution in [3.8, 4) is 5.69 Å². The van der Waals surface area contributed by atoms with Gasteiger partial charge in [0.25, 0.3) is 0 Å². The van der Waals surface area contributed by atoms with Crippen molar-refractivity contribution in [3.63, 3.8) is 0 Å². The SMILES string of the molecule is O=C(Cc1cnn(-c2ccccc2)c1)N1CCN(c2ccccc2)CC1. The van der Waals surface area contributed by atoms with Gasteiger partial charge in [0.2, 0.25) is 5.91 Å². The summed E-state index contributed by atoms with van der Waals surface area (Å²) in [6.07, 6.45) is 4.12. The number of amides is 1. The monoisotopic (exact) mass is 346 g/mol. The zero-order valence-electron chi connectivity index (χ0n) is 14.7. The number of rotatable bonds is 4. The lowest BCUT2D eigenvalue weighted by atomic mass is 10.2. The van der Waals surface area contributed by atoms with Crippen LogP contribution in [0.2, 0.25) is 0 Å². The molecular weight excluding hydrogens is 324 g/mol. The van der Waals surface area contributed by atoms with Gasteiger partial charge in [-0.05, 0) is 29.8 Å². The van der Waals surface area contributed by atoms with E-state index in [-0.39, 0.29) is 5.91 Å². The molecule has 0 radical (unpaired) electrons. The van der Waals surface area contributed by atoms with E-state index in [0.29, 0.717) is 6.42 Å². The summed E-state index contributed by atoms with van der Waals surface area (Å²) in [5.74, 6) is 0.172. The van der Waals surface area contributed by atoms with Gasteiger partial charge in [-0.25, -0.2) is 4.68 Å². The maximum absolute atomic E-state index is 12.6. The maximum atomic E-state index is 12.6. The van der Waals surface area contributed by atoms with E-state index in [2.05, 4.69) is 34.3 Å². The molecule has 1 saturated heterocycles. The third-order valence-electron chi connectivity index (χ3n) is 4.77. The van der Waals surface area contributed by atoms with Gasteiger partial charge in [0, 0.05) is 38.1 Å². The lowest BCUT2D eigenvalue weighted by molar-refractivity contribution is -0.130. The molecular formula is C21H22N4O. The van der Waals surface area contributed by atoms with Crippen LogP contribution < -0.4 is 4.90 Å². The quantitative estimate of drug-likeness (QED) is 0.729. The number of carbonyl (C=O) groups is 1. The Balaban J connectivity index is 1.34. The van der Waals surface area contributed by atoms with E-state index in [9.17, 15) is 4.79 Å². The van der Waals surface area contributed by atoms with E-state index < -0.39 is 0 Å². The van der Waals surface area contributed by atoms with Crippen LogP contribution in [0.1, 0.15) is 5.56 Å². The molecule has 2 heterocycles. The third kappa shape index (κ3) is 3.61. The van der Waals surface area contributed by atoms with Crippen LogP contribution in [-0.4, -0.2) is 46.8 Å². The van der Waals surface area contributed by atoms with Crippen molar-refractivity contribution in [1.82, 2.24) is 14.7 Å². The summed E-state index contributed by atoms with van der Waals surface area (Å²) in [5, 5.41) is 4.37. The Bertz CT molecular complexity index is 852. The summed E-state index contributed by atoms with van der Waals surface area (Å²) in [6, 6.07) is 20.3. The predicted octanol–water partition coefficient (Wildman–Crippen LogP) is 2.76. The van der Waals surface area contributed by atoms with Crippen LogP contribution in [-0.2, 0) is 11.2 Å². The molecule has 132 valence electrons. The first-order valence-corrected chi connectivity index (χ1v) is 8.96. The maximum Gasteiger partial charge on any atom is 0.227 e. The Kier molecular flexibility index (Phi) is 4.69. The molecule has 1 aliphatic heterocycles. The van der Waals surface area contributed by atoms with Crippen LogP contribution in [0.5, 0.6) is 0 Å². The Morgan fingerprint density at radius 1 is 0.846 bits per heavy atom. The summed E-state index contributed by atoms with van der Waals surface area (Å²) in [4.78, 5) is 16.9. The molecule has 1 aromatic heterocycles. The Morgan fingerprint density at radius 2 is 1.46 bits per heavy atom. The average molecular weight is 346 g/mol. The molecule has 4 rings (SSSR count). The lowest BCUT2D eigenvalue weighted by Gasteiger charge is -2.36. The van der Waals surface area contributed by atoms with Crippen LogP contribution in [0.25, 0.3) is 5.69 Å². The fourth-order valence-electron chi connectivity index (χ4n) is 3.31. The van der Waals surface area contributed by atoms with E-state index in [1.807, 2.05) is 52.2 Å². The molecule has 1 amide bonds. The second-order valence-corrected chi connectivity index (χ2v) is 6.51. The van der Waals surface area contributed by atoms with E-state index in [0.717, 1.165) is 37.4 Å². The summed E-state index contributed by atoms with van der Waals surface area (Å²) >= 11 is 0. The molecule has 26 heavy (non-hydrogen) atoms.